The van der Waals surface area contributed by atoms with Crippen LogP contribution in [0, 0.1) is 0 Å². The first-order valence-corrected chi connectivity index (χ1v) is 4.62. The molecule has 1 heterocycles. The number of hydrogen-bond acceptors (Lipinski definition) is 2. The highest BCUT2D eigenvalue weighted by Gasteiger charge is 2.03. The lowest BCUT2D eigenvalue weighted by molar-refractivity contribution is 0.492. The van der Waals surface area contributed by atoms with Gasteiger partial charge in [0.25, 0.3) is 0 Å². The van der Waals surface area contributed by atoms with Gasteiger partial charge in [0.1, 0.15) is 0 Å². The number of aryl methyl sites for hydroxylation is 1. The van der Waals surface area contributed by atoms with E-state index in [1.165, 1.54) is 0 Å². The predicted molar refractivity (Wildman–Crippen MR) is 56.8 cm³/mol. The summed E-state index contributed by atoms with van der Waals surface area (Å²) >= 11 is 0. The zero-order valence-corrected chi connectivity index (χ0v) is 8.94. The minimum Gasteiger partial charge on any atom is -0.370 e. The van der Waals surface area contributed by atoms with Crippen LogP contribution in [-0.2, 0) is 13.6 Å². The number of nitrogens with zero attached hydrogens (tertiary/aromatic N) is 4. The van der Waals surface area contributed by atoms with Gasteiger partial charge in [0.2, 0.25) is 0 Å². The monoisotopic (exact) mass is 195 g/mol. The van der Waals surface area contributed by atoms with Gasteiger partial charge in [-0.1, -0.05) is 0 Å². The molecule has 0 aliphatic heterocycles. The second-order valence-corrected chi connectivity index (χ2v) is 3.21. The Morgan fingerprint density at radius 3 is 2.93 bits per heavy atom. The summed E-state index contributed by atoms with van der Waals surface area (Å²) in [6, 6.07) is 0. The van der Waals surface area contributed by atoms with E-state index >= 15 is 0 Å². The molecule has 2 N–H and O–H groups in total. The maximum Gasteiger partial charge on any atom is 0.191 e. The molecule has 0 fully saturated rings. The molecular formula is C9H17N5. The second kappa shape index (κ2) is 4.64. The van der Waals surface area contributed by atoms with E-state index in [1.54, 1.807) is 4.68 Å². The van der Waals surface area contributed by atoms with Crippen molar-refractivity contribution in [1.29, 1.82) is 0 Å². The molecule has 0 aromatic carbocycles. The Morgan fingerprint density at radius 1 is 1.71 bits per heavy atom. The molecule has 14 heavy (non-hydrogen) atoms. The topological polar surface area (TPSA) is 59.4 Å². The standard InChI is InChI=1S/C9H17N5/c1-4-11-9(10)13(2)6-8-5-12-14(3)7-8/h5,7H,4,6H2,1-3H3,(H2,10,11). The van der Waals surface area contributed by atoms with Gasteiger partial charge in [-0.2, -0.15) is 5.10 Å². The van der Waals surface area contributed by atoms with E-state index in [4.69, 9.17) is 5.73 Å². The van der Waals surface area contributed by atoms with Gasteiger partial charge >= 0.3 is 0 Å². The summed E-state index contributed by atoms with van der Waals surface area (Å²) in [5.41, 5.74) is 6.86. The molecule has 1 aromatic heterocycles. The van der Waals surface area contributed by atoms with Crippen LogP contribution < -0.4 is 5.73 Å². The second-order valence-electron chi connectivity index (χ2n) is 3.21. The van der Waals surface area contributed by atoms with Crippen molar-refractivity contribution in [2.24, 2.45) is 17.8 Å². The first-order valence-electron chi connectivity index (χ1n) is 4.62. The Morgan fingerprint density at radius 2 is 2.43 bits per heavy atom. The molecule has 5 nitrogen and oxygen atoms in total. The summed E-state index contributed by atoms with van der Waals surface area (Å²) in [6.45, 7) is 3.41. The van der Waals surface area contributed by atoms with E-state index in [1.807, 2.05) is 38.3 Å². The number of guanidine groups is 1. The van der Waals surface area contributed by atoms with Crippen LogP contribution in [0.2, 0.25) is 0 Å². The lowest BCUT2D eigenvalue weighted by atomic mass is 10.3. The van der Waals surface area contributed by atoms with Crippen molar-refractivity contribution in [1.82, 2.24) is 14.7 Å². The van der Waals surface area contributed by atoms with Gasteiger partial charge < -0.3 is 10.6 Å². The highest BCUT2D eigenvalue weighted by Crippen LogP contribution is 2.00. The Labute approximate surface area is 84.2 Å². The van der Waals surface area contributed by atoms with Gasteiger partial charge in [-0.25, -0.2) is 0 Å². The maximum absolute atomic E-state index is 5.73. The summed E-state index contributed by atoms with van der Waals surface area (Å²) in [7, 11) is 3.81. The Balaban J connectivity index is 2.56. The Hall–Kier alpha value is -1.52. The molecule has 1 aromatic rings. The summed E-state index contributed by atoms with van der Waals surface area (Å²) in [5, 5.41) is 4.08. The van der Waals surface area contributed by atoms with Crippen molar-refractivity contribution in [2.45, 2.75) is 13.5 Å². The molecule has 0 saturated carbocycles. The van der Waals surface area contributed by atoms with E-state index in [2.05, 4.69) is 10.1 Å². The third kappa shape index (κ3) is 2.76. The van der Waals surface area contributed by atoms with Gasteiger partial charge in [0.15, 0.2) is 5.96 Å². The molecule has 0 atom stereocenters. The summed E-state index contributed by atoms with van der Waals surface area (Å²) in [4.78, 5) is 6.02. The van der Waals surface area contributed by atoms with Crippen LogP contribution in [0.5, 0.6) is 0 Å². The first kappa shape index (κ1) is 10.6. The van der Waals surface area contributed by atoms with E-state index in [9.17, 15) is 0 Å². The van der Waals surface area contributed by atoms with Crippen molar-refractivity contribution < 1.29 is 0 Å². The van der Waals surface area contributed by atoms with Gasteiger partial charge in [-0.05, 0) is 6.92 Å². The average molecular weight is 195 g/mol. The molecular weight excluding hydrogens is 178 g/mol. The fraction of sp³-hybridized carbons (Fsp3) is 0.556. The number of rotatable bonds is 3. The minimum absolute atomic E-state index is 0.566. The number of hydrogen-bond donors (Lipinski definition) is 1. The molecule has 0 aliphatic rings. The van der Waals surface area contributed by atoms with Crippen molar-refractivity contribution in [3.8, 4) is 0 Å². The number of aliphatic imine (C=N–C) groups is 1. The fourth-order valence-electron chi connectivity index (χ4n) is 1.19. The van der Waals surface area contributed by atoms with Gasteiger partial charge in [0.05, 0.1) is 6.20 Å². The van der Waals surface area contributed by atoms with E-state index in [0.29, 0.717) is 12.5 Å². The van der Waals surface area contributed by atoms with Gasteiger partial charge in [-0.3, -0.25) is 9.67 Å². The van der Waals surface area contributed by atoms with Crippen molar-refractivity contribution >= 4 is 5.96 Å². The number of nitrogens with two attached hydrogens (primary N) is 1. The molecule has 5 heteroatoms. The van der Waals surface area contributed by atoms with Gasteiger partial charge in [-0.15, -0.1) is 0 Å². The van der Waals surface area contributed by atoms with E-state index in [0.717, 1.165) is 12.1 Å². The van der Waals surface area contributed by atoms with E-state index in [-0.39, 0.29) is 0 Å². The van der Waals surface area contributed by atoms with Crippen LogP contribution in [0.4, 0.5) is 0 Å². The SMILES string of the molecule is CCN=C(N)N(C)Cc1cnn(C)c1. The normalized spacial score (nSPS) is 11.8. The van der Waals surface area contributed by atoms with Crippen molar-refractivity contribution in [3.63, 3.8) is 0 Å². The smallest absolute Gasteiger partial charge is 0.191 e. The molecule has 0 aliphatic carbocycles. The van der Waals surface area contributed by atoms with Crippen LogP contribution in [0.1, 0.15) is 12.5 Å². The van der Waals surface area contributed by atoms with Crippen molar-refractivity contribution in [3.05, 3.63) is 18.0 Å². The lowest BCUT2D eigenvalue weighted by Gasteiger charge is -2.16. The molecule has 0 bridgehead atoms. The highest BCUT2D eigenvalue weighted by molar-refractivity contribution is 5.77. The van der Waals surface area contributed by atoms with Crippen molar-refractivity contribution in [2.75, 3.05) is 13.6 Å². The molecule has 0 spiro atoms. The van der Waals surface area contributed by atoms with Crippen LogP contribution in [-0.4, -0.2) is 34.2 Å². The Bertz CT molecular complexity index is 315. The molecule has 0 saturated heterocycles. The van der Waals surface area contributed by atoms with Crippen LogP contribution >= 0.6 is 0 Å². The zero-order chi connectivity index (χ0) is 10.6. The zero-order valence-electron chi connectivity index (χ0n) is 8.94. The highest BCUT2D eigenvalue weighted by atomic mass is 15.3. The van der Waals surface area contributed by atoms with Crippen LogP contribution in [0.25, 0.3) is 0 Å². The van der Waals surface area contributed by atoms with Crippen LogP contribution in [0.3, 0.4) is 0 Å². The minimum atomic E-state index is 0.566. The predicted octanol–water partition coefficient (Wildman–Crippen LogP) is 0.186. The third-order valence-electron chi connectivity index (χ3n) is 1.89. The lowest BCUT2D eigenvalue weighted by Crippen LogP contribution is -2.33. The fourth-order valence-corrected chi connectivity index (χ4v) is 1.19. The summed E-state index contributed by atoms with van der Waals surface area (Å²) in [6.07, 6.45) is 3.80. The van der Waals surface area contributed by atoms with Crippen LogP contribution in [0.15, 0.2) is 17.4 Å². The molecule has 0 radical (unpaired) electrons. The summed E-state index contributed by atoms with van der Waals surface area (Å²) in [5.74, 6) is 0.566. The third-order valence-corrected chi connectivity index (χ3v) is 1.89. The number of aromatic nitrogens is 2. The Kier molecular flexibility index (Phi) is 3.50. The molecule has 78 valence electrons. The molecule has 1 rings (SSSR count). The largest absolute Gasteiger partial charge is 0.370 e. The van der Waals surface area contributed by atoms with Gasteiger partial charge in [0, 0.05) is 38.9 Å². The van der Waals surface area contributed by atoms with E-state index < -0.39 is 0 Å². The average Bonchev–Trinajstić information content (AvgIpc) is 2.51. The maximum atomic E-state index is 5.73. The summed E-state index contributed by atoms with van der Waals surface area (Å²) < 4.78 is 1.77. The quantitative estimate of drug-likeness (QED) is 0.553. The molecule has 0 amide bonds. The molecule has 0 unspecified atom stereocenters. The first-order chi connectivity index (χ1) is 6.63.